The minimum Gasteiger partial charge on any atom is -0.483 e. The molecule has 2 aromatic rings. The summed E-state index contributed by atoms with van der Waals surface area (Å²) in [6.07, 6.45) is 4.12. The molecular formula is C32H43N5O8. The Hall–Kier alpha value is -4.42. The number of carbonyl (C=O) groups is 5. The van der Waals surface area contributed by atoms with E-state index in [1.54, 1.807) is 25.1 Å². The van der Waals surface area contributed by atoms with Crippen molar-refractivity contribution in [3.8, 4) is 5.75 Å². The van der Waals surface area contributed by atoms with E-state index in [9.17, 15) is 29.1 Å². The summed E-state index contributed by atoms with van der Waals surface area (Å²) in [5.41, 5.74) is 0.441. The number of hydrogen-bond acceptors (Lipinski definition) is 8. The van der Waals surface area contributed by atoms with Gasteiger partial charge in [-0.15, -0.1) is 0 Å². The van der Waals surface area contributed by atoms with Crippen LogP contribution in [0.5, 0.6) is 5.75 Å². The first-order valence-corrected chi connectivity index (χ1v) is 15.8. The summed E-state index contributed by atoms with van der Waals surface area (Å²) in [6.45, 7) is 5.54. The van der Waals surface area contributed by atoms with Crippen molar-refractivity contribution in [1.82, 2.24) is 25.0 Å². The van der Waals surface area contributed by atoms with Crippen molar-refractivity contribution >= 4 is 40.7 Å². The second kappa shape index (κ2) is 16.1. The van der Waals surface area contributed by atoms with Gasteiger partial charge in [-0.05, 0) is 44.7 Å². The zero-order valence-corrected chi connectivity index (χ0v) is 26.0. The predicted octanol–water partition coefficient (Wildman–Crippen LogP) is 3.06. The van der Waals surface area contributed by atoms with Gasteiger partial charge in [0.1, 0.15) is 17.5 Å². The van der Waals surface area contributed by atoms with Crippen LogP contribution in [-0.4, -0.2) is 113 Å². The molecule has 45 heavy (non-hydrogen) atoms. The fourth-order valence-corrected chi connectivity index (χ4v) is 5.81. The Morgan fingerprint density at radius 2 is 1.78 bits per heavy atom. The van der Waals surface area contributed by atoms with Crippen molar-refractivity contribution in [3.05, 3.63) is 36.0 Å². The summed E-state index contributed by atoms with van der Waals surface area (Å²) in [7, 11) is 0. The first-order valence-electron chi connectivity index (χ1n) is 15.8. The average molecular weight is 626 g/mol. The van der Waals surface area contributed by atoms with Gasteiger partial charge in [-0.3, -0.25) is 19.2 Å². The Morgan fingerprint density at radius 3 is 2.49 bits per heavy atom. The number of amides is 4. The molecule has 0 spiro atoms. The number of carboxylic acid groups (broad SMARTS) is 1. The third kappa shape index (κ3) is 8.83. The summed E-state index contributed by atoms with van der Waals surface area (Å²) in [4.78, 5) is 72.8. The predicted molar refractivity (Wildman–Crippen MR) is 165 cm³/mol. The minimum atomic E-state index is -1.13. The smallest absolute Gasteiger partial charge is 0.409 e. The number of pyridine rings is 1. The molecular weight excluding hydrogens is 582 g/mol. The van der Waals surface area contributed by atoms with Gasteiger partial charge < -0.3 is 34.6 Å². The molecule has 13 heteroatoms. The van der Waals surface area contributed by atoms with Gasteiger partial charge in [0, 0.05) is 56.6 Å². The van der Waals surface area contributed by atoms with Crippen LogP contribution in [0.4, 0.5) is 4.79 Å². The molecule has 4 amide bonds. The maximum atomic E-state index is 13.5. The number of rotatable bonds is 13. The lowest BCUT2D eigenvalue weighted by Gasteiger charge is -2.35. The van der Waals surface area contributed by atoms with Crippen LogP contribution in [0.25, 0.3) is 10.9 Å². The fraction of sp³-hybridized carbons (Fsp3) is 0.562. The Labute approximate surface area is 262 Å². The van der Waals surface area contributed by atoms with Crippen molar-refractivity contribution in [2.24, 2.45) is 0 Å². The number of unbranched alkanes of at least 4 members (excludes halogenated alkanes) is 1. The van der Waals surface area contributed by atoms with E-state index in [-0.39, 0.29) is 69.9 Å². The number of hydrogen-bond donors (Lipinski definition) is 2. The van der Waals surface area contributed by atoms with E-state index in [4.69, 9.17) is 9.47 Å². The summed E-state index contributed by atoms with van der Waals surface area (Å²) in [5.74, 6) is -2.02. The van der Waals surface area contributed by atoms with Gasteiger partial charge >= 0.3 is 12.1 Å². The van der Waals surface area contributed by atoms with Crippen LogP contribution >= 0.6 is 0 Å². The molecule has 1 aromatic carbocycles. The Balaban J connectivity index is 1.47. The van der Waals surface area contributed by atoms with Gasteiger partial charge in [-0.1, -0.05) is 31.9 Å². The van der Waals surface area contributed by atoms with Crippen molar-refractivity contribution in [1.29, 1.82) is 0 Å². The zero-order chi connectivity index (χ0) is 32.3. The van der Waals surface area contributed by atoms with Gasteiger partial charge in [-0.2, -0.15) is 0 Å². The van der Waals surface area contributed by atoms with Gasteiger partial charge in [0.15, 0.2) is 6.61 Å². The standard InChI is InChI=1S/C32H43N5O8/c1-3-5-9-22-10-8-15-37(22)28(38)21-45-27-20-26(33-24-12-7-6-11-23(24)27)30(41)34-25(13-14-29(39)40)31(42)35-16-18-36(19-17-35)32(43)44-4-2/h6-7,11-12,20,22,25H,3-5,8-10,13-19,21H2,1-2H3,(H,34,41)(H,39,40). The van der Waals surface area contributed by atoms with E-state index in [2.05, 4.69) is 17.2 Å². The second-order valence-corrected chi connectivity index (χ2v) is 11.3. The summed E-state index contributed by atoms with van der Waals surface area (Å²) < 4.78 is 11.0. The third-order valence-corrected chi connectivity index (χ3v) is 8.22. The molecule has 0 bridgehead atoms. The lowest BCUT2D eigenvalue weighted by molar-refractivity contribution is -0.138. The highest BCUT2D eigenvalue weighted by Gasteiger charge is 2.32. The lowest BCUT2D eigenvalue weighted by Crippen LogP contribution is -2.56. The number of piperazine rings is 1. The number of likely N-dealkylation sites (tertiary alicyclic amines) is 1. The van der Waals surface area contributed by atoms with E-state index >= 15 is 0 Å². The first kappa shape index (κ1) is 33.5. The molecule has 3 heterocycles. The topological polar surface area (TPSA) is 159 Å². The van der Waals surface area contributed by atoms with Crippen molar-refractivity contribution < 1.29 is 38.6 Å². The van der Waals surface area contributed by atoms with E-state index in [1.807, 2.05) is 11.0 Å². The normalized spacial score (nSPS) is 17.2. The van der Waals surface area contributed by atoms with Crippen molar-refractivity contribution in [3.63, 3.8) is 0 Å². The molecule has 2 saturated heterocycles. The molecule has 2 atom stereocenters. The maximum Gasteiger partial charge on any atom is 0.409 e. The Kier molecular flexibility index (Phi) is 11.9. The van der Waals surface area contributed by atoms with Crippen LogP contribution < -0.4 is 10.1 Å². The highest BCUT2D eigenvalue weighted by atomic mass is 16.6. The lowest BCUT2D eigenvalue weighted by atomic mass is 10.1. The molecule has 1 aromatic heterocycles. The minimum absolute atomic E-state index is 0.0293. The molecule has 4 rings (SSSR count). The van der Waals surface area contributed by atoms with Crippen molar-refractivity contribution in [2.45, 2.75) is 70.9 Å². The zero-order valence-electron chi connectivity index (χ0n) is 26.0. The molecule has 13 nitrogen and oxygen atoms in total. The number of fused-ring (bicyclic) bond motifs is 1. The molecule has 244 valence electrons. The highest BCUT2D eigenvalue weighted by Crippen LogP contribution is 2.27. The maximum absolute atomic E-state index is 13.5. The van der Waals surface area contributed by atoms with Crippen LogP contribution in [0, 0.1) is 0 Å². The van der Waals surface area contributed by atoms with Crippen LogP contribution in [0.3, 0.4) is 0 Å². The number of aromatic nitrogens is 1. The SMILES string of the molecule is CCCCC1CCCN1C(=O)COc1cc(C(=O)NC(CCC(=O)O)C(=O)N2CCN(C(=O)OCC)CC2)nc2ccccc12. The molecule has 2 unspecified atom stereocenters. The van der Waals surface area contributed by atoms with E-state index in [1.165, 1.54) is 15.9 Å². The molecule has 0 radical (unpaired) electrons. The number of ether oxygens (including phenoxy) is 2. The molecule has 2 N–H and O–H groups in total. The molecule has 0 aliphatic carbocycles. The van der Waals surface area contributed by atoms with Gasteiger partial charge in [-0.25, -0.2) is 9.78 Å². The van der Waals surface area contributed by atoms with Crippen LogP contribution in [-0.2, 0) is 19.1 Å². The monoisotopic (exact) mass is 625 g/mol. The number of carboxylic acids is 1. The number of nitrogens with one attached hydrogen (secondary N) is 1. The average Bonchev–Trinajstić information content (AvgIpc) is 3.52. The molecule has 0 saturated carbocycles. The molecule has 2 fully saturated rings. The first-order chi connectivity index (χ1) is 21.7. The number of nitrogens with zero attached hydrogens (tertiary/aromatic N) is 4. The van der Waals surface area contributed by atoms with E-state index in [0.29, 0.717) is 23.2 Å². The number of aliphatic carboxylic acids is 1. The van der Waals surface area contributed by atoms with E-state index in [0.717, 1.165) is 32.1 Å². The summed E-state index contributed by atoms with van der Waals surface area (Å²) in [5, 5.41) is 12.6. The van der Waals surface area contributed by atoms with E-state index < -0.39 is 29.9 Å². The van der Waals surface area contributed by atoms with Crippen LogP contribution in [0.1, 0.15) is 69.3 Å². The van der Waals surface area contributed by atoms with Gasteiger partial charge in [0.05, 0.1) is 12.1 Å². The number of carbonyl (C=O) groups excluding carboxylic acids is 4. The Bertz CT molecular complexity index is 1380. The molecule has 2 aliphatic rings. The Morgan fingerprint density at radius 1 is 1.04 bits per heavy atom. The second-order valence-electron chi connectivity index (χ2n) is 11.3. The van der Waals surface area contributed by atoms with Gasteiger partial charge in [0.25, 0.3) is 11.8 Å². The molecule has 2 aliphatic heterocycles. The summed E-state index contributed by atoms with van der Waals surface area (Å²) >= 11 is 0. The fourth-order valence-electron chi connectivity index (χ4n) is 5.81. The highest BCUT2D eigenvalue weighted by molar-refractivity contribution is 5.99. The third-order valence-electron chi connectivity index (χ3n) is 8.22. The van der Waals surface area contributed by atoms with Crippen LogP contribution in [0.15, 0.2) is 30.3 Å². The largest absolute Gasteiger partial charge is 0.483 e. The van der Waals surface area contributed by atoms with Crippen molar-refractivity contribution in [2.75, 3.05) is 45.9 Å². The van der Waals surface area contributed by atoms with Gasteiger partial charge in [0.2, 0.25) is 5.91 Å². The number of para-hydroxylation sites is 1. The summed E-state index contributed by atoms with van der Waals surface area (Å²) in [6, 6.07) is 7.62. The quantitative estimate of drug-likeness (QED) is 0.341. The number of benzene rings is 1. The van der Waals surface area contributed by atoms with Crippen LogP contribution in [0.2, 0.25) is 0 Å².